The summed E-state index contributed by atoms with van der Waals surface area (Å²) in [6, 6.07) is -0.151. The fourth-order valence-corrected chi connectivity index (χ4v) is 12.0. The molecule has 12 atom stereocenters. The second-order valence-electron chi connectivity index (χ2n) is 18.7. The van der Waals surface area contributed by atoms with Crippen molar-refractivity contribution in [2.24, 2.45) is 68.3 Å². The number of carboxylic acid groups (broad SMARTS) is 1. The quantitative estimate of drug-likeness (QED) is 0.249. The SMILES string of the molecule is CNc1nnn([C@@H]2C[C@@]34COC[C@](C)([C@@H]3CC[C@H]3C4=CC[C@@]4(C)C(C(=O)O)[C@@](C)([C@H](C)C(C)C)CC[C@]34C)[C@H]2OCC(C)(N)C(C)C)n1. The minimum atomic E-state index is -0.626. The highest BCUT2D eigenvalue weighted by Crippen LogP contribution is 2.75. The second kappa shape index (κ2) is 11.8. The highest BCUT2D eigenvalue weighted by Gasteiger charge is 2.72. The number of allylic oxidation sites excluding steroid dienone is 1. The van der Waals surface area contributed by atoms with Crippen molar-refractivity contribution in [1.82, 2.24) is 20.2 Å². The number of anilines is 1. The van der Waals surface area contributed by atoms with Gasteiger partial charge in [0.2, 0.25) is 0 Å². The Balaban J connectivity index is 1.45. The molecule has 0 radical (unpaired) electrons. The molecule has 4 aliphatic carbocycles. The van der Waals surface area contributed by atoms with Crippen molar-refractivity contribution in [2.75, 3.05) is 32.2 Å². The molecule has 10 nitrogen and oxygen atoms in total. The number of carbonyl (C=O) groups is 1. The van der Waals surface area contributed by atoms with Crippen LogP contribution in [0.3, 0.4) is 0 Å². The molecule has 1 aromatic heterocycles. The number of nitrogens with two attached hydrogens (primary N) is 1. The van der Waals surface area contributed by atoms with Crippen LogP contribution in [0.1, 0.15) is 114 Å². The van der Waals surface area contributed by atoms with E-state index in [-0.39, 0.29) is 45.1 Å². The van der Waals surface area contributed by atoms with Gasteiger partial charge in [-0.1, -0.05) is 79.1 Å². The molecular weight excluding hydrogens is 604 g/mol. The number of fused-ring (bicyclic) bond motifs is 3. The summed E-state index contributed by atoms with van der Waals surface area (Å²) in [4.78, 5) is 15.2. The first kappa shape index (κ1) is 35.8. The Morgan fingerprint density at radius 2 is 1.85 bits per heavy atom. The average molecular weight is 669 g/mol. The summed E-state index contributed by atoms with van der Waals surface area (Å²) in [6.45, 7) is 24.2. The van der Waals surface area contributed by atoms with Crippen LogP contribution < -0.4 is 11.1 Å². The molecule has 0 aromatic carbocycles. The number of tetrazole rings is 1. The van der Waals surface area contributed by atoms with Crippen LogP contribution in [-0.2, 0) is 14.3 Å². The molecule has 0 spiro atoms. The number of ether oxygens (including phenoxy) is 2. The monoisotopic (exact) mass is 668 g/mol. The van der Waals surface area contributed by atoms with Crippen molar-refractivity contribution in [3.8, 4) is 0 Å². The first-order valence-corrected chi connectivity index (χ1v) is 18.7. The third-order valence-electron chi connectivity index (χ3n) is 15.9. The number of aromatic nitrogens is 4. The van der Waals surface area contributed by atoms with E-state index in [4.69, 9.17) is 20.3 Å². The van der Waals surface area contributed by atoms with E-state index < -0.39 is 17.4 Å². The fourth-order valence-electron chi connectivity index (χ4n) is 12.0. The van der Waals surface area contributed by atoms with Crippen LogP contribution in [0.4, 0.5) is 5.95 Å². The van der Waals surface area contributed by atoms with Crippen LogP contribution in [0.15, 0.2) is 11.6 Å². The summed E-state index contributed by atoms with van der Waals surface area (Å²) in [5, 5.41) is 27.8. The molecule has 1 aromatic rings. The number of nitrogens with zero attached hydrogens (tertiary/aromatic N) is 4. The molecular formula is C38H64N6O4. The molecule has 2 heterocycles. The van der Waals surface area contributed by atoms with Gasteiger partial charge in [-0.05, 0) is 96.5 Å². The van der Waals surface area contributed by atoms with E-state index in [9.17, 15) is 9.90 Å². The number of rotatable bonds is 9. The second-order valence-corrected chi connectivity index (χ2v) is 18.7. The standard InChI is InChI=1S/C38H64N6O4/c1-22(2)24(5)33(6)16-17-35(8)25-12-13-28-34(7)19-47-21-38(28,26(25)14-15-36(35,9)29(33)31(45)46)18-27(44-42-32(40-11)41-43-44)30(34)48-20-37(10,39)23(3)4/h14,22-25,27-30H,12-13,15-21,39H2,1-11H3,(H,40,42)(H,45,46)/t24-,25+,27-,28+,29?,30+,33-,34-,35-,36+,37?,38+/m1/s1. The molecule has 48 heavy (non-hydrogen) atoms. The van der Waals surface area contributed by atoms with Crippen molar-refractivity contribution in [1.29, 1.82) is 0 Å². The molecule has 4 N–H and O–H groups in total. The first-order chi connectivity index (χ1) is 22.3. The molecule has 4 fully saturated rings. The zero-order valence-electron chi connectivity index (χ0n) is 31.6. The highest BCUT2D eigenvalue weighted by atomic mass is 16.5. The number of hydrogen-bond acceptors (Lipinski definition) is 8. The van der Waals surface area contributed by atoms with E-state index in [0.29, 0.717) is 49.4 Å². The van der Waals surface area contributed by atoms with Gasteiger partial charge in [-0.25, -0.2) is 0 Å². The van der Waals surface area contributed by atoms with Gasteiger partial charge in [0.1, 0.15) is 6.04 Å². The lowest BCUT2D eigenvalue weighted by atomic mass is 9.34. The maximum Gasteiger partial charge on any atom is 0.307 e. The summed E-state index contributed by atoms with van der Waals surface area (Å²) in [5.74, 6) is 1.09. The summed E-state index contributed by atoms with van der Waals surface area (Å²) in [6.07, 6.45) is 7.95. The lowest BCUT2D eigenvalue weighted by Crippen LogP contribution is -2.69. The van der Waals surface area contributed by atoms with E-state index in [2.05, 4.69) is 90.9 Å². The number of carboxylic acids is 1. The van der Waals surface area contributed by atoms with Gasteiger partial charge in [0.15, 0.2) is 0 Å². The van der Waals surface area contributed by atoms with Crippen LogP contribution >= 0.6 is 0 Å². The lowest BCUT2D eigenvalue weighted by molar-refractivity contribution is -0.253. The molecule has 2 unspecified atom stereocenters. The first-order valence-electron chi connectivity index (χ1n) is 18.7. The Hall–Kier alpha value is -2.04. The predicted molar refractivity (Wildman–Crippen MR) is 187 cm³/mol. The molecule has 6 rings (SSSR count). The molecule has 3 saturated carbocycles. The Morgan fingerprint density at radius 1 is 1.15 bits per heavy atom. The molecule has 2 bridgehead atoms. The lowest BCUT2D eigenvalue weighted by Gasteiger charge is -2.71. The van der Waals surface area contributed by atoms with Gasteiger partial charge in [0.05, 0.1) is 31.8 Å². The van der Waals surface area contributed by atoms with Crippen molar-refractivity contribution < 1.29 is 19.4 Å². The van der Waals surface area contributed by atoms with E-state index in [1.807, 2.05) is 7.05 Å². The van der Waals surface area contributed by atoms with Crippen molar-refractivity contribution in [2.45, 2.75) is 125 Å². The normalized spacial score (nSPS) is 44.2. The zero-order chi connectivity index (χ0) is 35.2. The van der Waals surface area contributed by atoms with Gasteiger partial charge in [-0.15, -0.1) is 5.10 Å². The van der Waals surface area contributed by atoms with Gasteiger partial charge < -0.3 is 25.6 Å². The maximum atomic E-state index is 13.4. The van der Waals surface area contributed by atoms with Crippen LogP contribution in [0.2, 0.25) is 0 Å². The summed E-state index contributed by atoms with van der Waals surface area (Å²) < 4.78 is 13.7. The number of nitrogens with one attached hydrogen (secondary N) is 1. The van der Waals surface area contributed by atoms with Crippen LogP contribution in [0.5, 0.6) is 0 Å². The van der Waals surface area contributed by atoms with Crippen LogP contribution in [0, 0.1) is 62.6 Å². The van der Waals surface area contributed by atoms with Gasteiger partial charge >= 0.3 is 5.97 Å². The molecule has 0 amide bonds. The van der Waals surface area contributed by atoms with Gasteiger partial charge in [-0.2, -0.15) is 4.80 Å². The topological polar surface area (TPSA) is 137 Å². The summed E-state index contributed by atoms with van der Waals surface area (Å²) in [7, 11) is 1.81. The van der Waals surface area contributed by atoms with E-state index in [0.717, 1.165) is 38.5 Å². The van der Waals surface area contributed by atoms with Crippen LogP contribution in [-0.4, -0.2) is 69.8 Å². The maximum absolute atomic E-state index is 13.4. The Labute approximate surface area is 288 Å². The molecule has 1 saturated heterocycles. The number of hydrogen-bond donors (Lipinski definition) is 3. The molecule has 1 aliphatic heterocycles. The molecule has 5 aliphatic rings. The van der Waals surface area contributed by atoms with E-state index in [1.54, 1.807) is 4.80 Å². The minimum absolute atomic E-state index is 0.143. The Morgan fingerprint density at radius 3 is 2.46 bits per heavy atom. The Kier molecular flexibility index (Phi) is 8.76. The van der Waals surface area contributed by atoms with Crippen molar-refractivity contribution >= 4 is 11.9 Å². The fraction of sp³-hybridized carbons (Fsp3) is 0.895. The minimum Gasteiger partial charge on any atom is -0.481 e. The van der Waals surface area contributed by atoms with Crippen LogP contribution in [0.25, 0.3) is 0 Å². The molecule has 10 heteroatoms. The average Bonchev–Trinajstić information content (AvgIpc) is 3.49. The molecule has 270 valence electrons. The third-order valence-corrected chi connectivity index (χ3v) is 15.9. The third kappa shape index (κ3) is 4.88. The number of aliphatic carboxylic acids is 1. The van der Waals surface area contributed by atoms with Gasteiger partial charge in [-0.3, -0.25) is 4.79 Å². The Bertz CT molecular complexity index is 1430. The van der Waals surface area contributed by atoms with Gasteiger partial charge in [0.25, 0.3) is 5.95 Å². The van der Waals surface area contributed by atoms with Gasteiger partial charge in [0, 0.05) is 23.4 Å². The van der Waals surface area contributed by atoms with E-state index >= 15 is 0 Å². The highest BCUT2D eigenvalue weighted by molar-refractivity contribution is 5.73. The smallest absolute Gasteiger partial charge is 0.307 e. The summed E-state index contributed by atoms with van der Waals surface area (Å²) in [5.41, 5.74) is 6.52. The van der Waals surface area contributed by atoms with Crippen molar-refractivity contribution in [3.05, 3.63) is 11.6 Å². The van der Waals surface area contributed by atoms with Crippen molar-refractivity contribution in [3.63, 3.8) is 0 Å². The zero-order valence-corrected chi connectivity index (χ0v) is 31.6. The van der Waals surface area contributed by atoms with E-state index in [1.165, 1.54) is 5.57 Å². The largest absolute Gasteiger partial charge is 0.481 e. The predicted octanol–water partition coefficient (Wildman–Crippen LogP) is 6.60. The summed E-state index contributed by atoms with van der Waals surface area (Å²) >= 11 is 0.